The van der Waals surface area contributed by atoms with Crippen LogP contribution < -0.4 is 11.5 Å². The van der Waals surface area contributed by atoms with Gasteiger partial charge in [-0.3, -0.25) is 9.59 Å². The zero-order valence-corrected chi connectivity index (χ0v) is 13.2. The number of benzene rings is 2. The Hall–Kier alpha value is -3.12. The fraction of sp³-hybridized carbons (Fsp3) is 0. The van der Waals surface area contributed by atoms with Crippen LogP contribution in [0.4, 0.5) is 11.4 Å². The summed E-state index contributed by atoms with van der Waals surface area (Å²) in [7, 11) is 0. The summed E-state index contributed by atoms with van der Waals surface area (Å²) in [6.07, 6.45) is 0. The predicted molar refractivity (Wildman–Crippen MR) is 93.6 cm³/mol. The highest BCUT2D eigenvalue weighted by atomic mass is 32.1. The van der Waals surface area contributed by atoms with E-state index >= 15 is 0 Å². The Labute approximate surface area is 141 Å². The average Bonchev–Trinajstić information content (AvgIpc) is 3.08. The van der Waals surface area contributed by atoms with E-state index in [-0.39, 0.29) is 39.4 Å². The average molecular weight is 336 g/mol. The number of anilines is 2. The Balaban J connectivity index is 2.11. The third-order valence-corrected chi connectivity index (χ3v) is 5.05. The number of thiophene rings is 1. The number of hydrogen-bond donors (Lipinski definition) is 3. The molecule has 6 heteroatoms. The zero-order chi connectivity index (χ0) is 17.0. The van der Waals surface area contributed by atoms with Crippen molar-refractivity contribution in [3.05, 3.63) is 64.0 Å². The first-order valence-electron chi connectivity index (χ1n) is 7.18. The molecule has 0 fully saturated rings. The van der Waals surface area contributed by atoms with Gasteiger partial charge in [-0.15, -0.1) is 11.3 Å². The molecule has 2 aromatic carbocycles. The lowest BCUT2D eigenvalue weighted by molar-refractivity contribution is 0.0978. The molecule has 0 radical (unpaired) electrons. The number of rotatable bonds is 1. The van der Waals surface area contributed by atoms with Gasteiger partial charge in [-0.25, -0.2) is 0 Å². The first-order chi connectivity index (χ1) is 11.5. The van der Waals surface area contributed by atoms with Crippen LogP contribution in [0.5, 0.6) is 5.75 Å². The monoisotopic (exact) mass is 336 g/mol. The summed E-state index contributed by atoms with van der Waals surface area (Å²) in [6.45, 7) is 0. The van der Waals surface area contributed by atoms with E-state index in [4.69, 9.17) is 11.5 Å². The number of aromatic hydroxyl groups is 1. The van der Waals surface area contributed by atoms with Crippen LogP contribution in [0.25, 0.3) is 10.4 Å². The van der Waals surface area contributed by atoms with Gasteiger partial charge in [0.25, 0.3) is 0 Å². The third-order valence-electron chi connectivity index (χ3n) is 4.15. The summed E-state index contributed by atoms with van der Waals surface area (Å²) in [6, 6.07) is 9.77. The van der Waals surface area contributed by atoms with Gasteiger partial charge >= 0.3 is 0 Å². The minimum Gasteiger partial charge on any atom is -0.507 e. The number of nitrogens with two attached hydrogens (primary N) is 2. The van der Waals surface area contributed by atoms with Crippen LogP contribution >= 0.6 is 11.3 Å². The van der Waals surface area contributed by atoms with Crippen molar-refractivity contribution in [3.63, 3.8) is 0 Å². The van der Waals surface area contributed by atoms with Crippen LogP contribution in [0.15, 0.2) is 41.8 Å². The number of carbonyl (C=O) groups is 2. The SMILES string of the molecule is Nc1ccc(N)c2c1C(=O)c1c(O)ccc(-c3cccs3)c1C2=O. The minimum absolute atomic E-state index is 0.0179. The maximum atomic E-state index is 13.1. The summed E-state index contributed by atoms with van der Waals surface area (Å²) in [5.41, 5.74) is 13.1. The van der Waals surface area contributed by atoms with E-state index in [1.54, 1.807) is 6.07 Å². The summed E-state index contributed by atoms with van der Waals surface area (Å²) in [4.78, 5) is 26.9. The van der Waals surface area contributed by atoms with E-state index in [1.165, 1.54) is 29.5 Å². The van der Waals surface area contributed by atoms with Gasteiger partial charge in [0.1, 0.15) is 5.75 Å². The Morgan fingerprint density at radius 2 is 1.42 bits per heavy atom. The Morgan fingerprint density at radius 1 is 0.792 bits per heavy atom. The van der Waals surface area contributed by atoms with Crippen molar-refractivity contribution < 1.29 is 14.7 Å². The van der Waals surface area contributed by atoms with Gasteiger partial charge < -0.3 is 16.6 Å². The maximum Gasteiger partial charge on any atom is 0.200 e. The van der Waals surface area contributed by atoms with E-state index in [9.17, 15) is 14.7 Å². The number of carbonyl (C=O) groups excluding carboxylic acids is 2. The highest BCUT2D eigenvalue weighted by Gasteiger charge is 2.37. The lowest BCUT2D eigenvalue weighted by atomic mass is 9.79. The fourth-order valence-corrected chi connectivity index (χ4v) is 3.83. The van der Waals surface area contributed by atoms with Crippen molar-refractivity contribution >= 4 is 34.3 Å². The van der Waals surface area contributed by atoms with E-state index in [1.807, 2.05) is 17.5 Å². The van der Waals surface area contributed by atoms with E-state index < -0.39 is 11.6 Å². The molecule has 4 rings (SSSR count). The number of ketones is 2. The molecule has 0 atom stereocenters. The summed E-state index contributed by atoms with van der Waals surface area (Å²) in [5.74, 6) is -1.12. The number of phenols is 1. The van der Waals surface area contributed by atoms with Crippen molar-refractivity contribution in [2.75, 3.05) is 11.5 Å². The van der Waals surface area contributed by atoms with Gasteiger partial charge in [0, 0.05) is 27.4 Å². The first-order valence-corrected chi connectivity index (χ1v) is 8.06. The molecule has 0 bridgehead atoms. The molecule has 118 valence electrons. The second-order valence-electron chi connectivity index (χ2n) is 5.51. The van der Waals surface area contributed by atoms with Crippen molar-refractivity contribution in [1.82, 2.24) is 0 Å². The largest absolute Gasteiger partial charge is 0.507 e. The van der Waals surface area contributed by atoms with E-state index in [0.29, 0.717) is 5.56 Å². The molecule has 0 spiro atoms. The van der Waals surface area contributed by atoms with Crippen LogP contribution in [0.3, 0.4) is 0 Å². The summed E-state index contributed by atoms with van der Waals surface area (Å²) >= 11 is 1.45. The van der Waals surface area contributed by atoms with Gasteiger partial charge in [-0.05, 0) is 35.7 Å². The molecule has 1 aliphatic carbocycles. The lowest BCUT2D eigenvalue weighted by Gasteiger charge is -2.23. The highest BCUT2D eigenvalue weighted by Crippen LogP contribution is 2.42. The predicted octanol–water partition coefficient (Wildman–Crippen LogP) is 3.06. The van der Waals surface area contributed by atoms with Gasteiger partial charge in [0.15, 0.2) is 11.6 Å². The molecular weight excluding hydrogens is 324 g/mol. The van der Waals surface area contributed by atoms with Crippen LogP contribution in [-0.4, -0.2) is 16.7 Å². The Kier molecular flexibility index (Phi) is 2.98. The summed E-state index contributed by atoms with van der Waals surface area (Å²) in [5, 5.41) is 12.1. The molecular formula is C18H12N2O3S. The standard InChI is InChI=1S/C18H12N2O3S/c19-9-4-5-10(20)15-14(9)17(22)13-8(12-2-1-7-24-12)3-6-11(21)16(13)18(15)23/h1-7,21H,19-20H2. The number of phenolic OH excluding ortho intramolecular Hbond substituents is 1. The van der Waals surface area contributed by atoms with Crippen LogP contribution in [0, 0.1) is 0 Å². The molecule has 0 aliphatic heterocycles. The third kappa shape index (κ3) is 1.80. The molecule has 5 nitrogen and oxygen atoms in total. The topological polar surface area (TPSA) is 106 Å². The summed E-state index contributed by atoms with van der Waals surface area (Å²) < 4.78 is 0. The van der Waals surface area contributed by atoms with Gasteiger partial charge in [-0.1, -0.05) is 6.07 Å². The van der Waals surface area contributed by atoms with Crippen molar-refractivity contribution in [2.24, 2.45) is 0 Å². The second-order valence-corrected chi connectivity index (χ2v) is 6.46. The quantitative estimate of drug-likeness (QED) is 0.463. The fourth-order valence-electron chi connectivity index (χ4n) is 3.07. The van der Waals surface area contributed by atoms with Gasteiger partial charge in [-0.2, -0.15) is 0 Å². The molecule has 1 aliphatic rings. The number of hydrogen-bond acceptors (Lipinski definition) is 6. The number of nitrogen functional groups attached to an aromatic ring is 2. The lowest BCUT2D eigenvalue weighted by Crippen LogP contribution is -2.24. The molecule has 24 heavy (non-hydrogen) atoms. The van der Waals surface area contributed by atoms with Crippen LogP contribution in [0.1, 0.15) is 31.8 Å². The second kappa shape index (κ2) is 4.94. The zero-order valence-electron chi connectivity index (χ0n) is 12.4. The minimum atomic E-state index is -0.486. The first kappa shape index (κ1) is 14.5. The Bertz CT molecular complexity index is 1020. The van der Waals surface area contributed by atoms with E-state index in [2.05, 4.69) is 0 Å². The van der Waals surface area contributed by atoms with Crippen molar-refractivity contribution in [3.8, 4) is 16.2 Å². The molecule has 0 saturated heterocycles. The molecule has 0 unspecified atom stereocenters. The van der Waals surface area contributed by atoms with Crippen LogP contribution in [-0.2, 0) is 0 Å². The molecule has 1 heterocycles. The molecule has 1 aromatic heterocycles. The van der Waals surface area contributed by atoms with Crippen molar-refractivity contribution in [2.45, 2.75) is 0 Å². The normalized spacial score (nSPS) is 12.8. The molecule has 0 amide bonds. The van der Waals surface area contributed by atoms with Crippen LogP contribution in [0.2, 0.25) is 0 Å². The maximum absolute atomic E-state index is 13.1. The Morgan fingerprint density at radius 3 is 2.00 bits per heavy atom. The molecule has 3 aromatic rings. The van der Waals surface area contributed by atoms with Crippen molar-refractivity contribution in [1.29, 1.82) is 0 Å². The molecule has 5 N–H and O–H groups in total. The van der Waals surface area contributed by atoms with Gasteiger partial charge in [0.2, 0.25) is 0 Å². The highest BCUT2D eigenvalue weighted by molar-refractivity contribution is 7.13. The van der Waals surface area contributed by atoms with E-state index in [0.717, 1.165) is 4.88 Å². The van der Waals surface area contributed by atoms with Gasteiger partial charge in [0.05, 0.1) is 16.7 Å². The smallest absolute Gasteiger partial charge is 0.200 e. The molecule has 0 saturated carbocycles. The number of fused-ring (bicyclic) bond motifs is 2.